The number of thioether (sulfide) groups is 1. The van der Waals surface area contributed by atoms with E-state index in [9.17, 15) is 9.59 Å². The number of esters is 1. The van der Waals surface area contributed by atoms with Crippen molar-refractivity contribution >= 4 is 68.7 Å². The van der Waals surface area contributed by atoms with Crippen molar-refractivity contribution in [2.24, 2.45) is 0 Å². The molecule has 7 nitrogen and oxygen atoms in total. The number of para-hydroxylation sites is 2. The van der Waals surface area contributed by atoms with Gasteiger partial charge >= 0.3 is 5.97 Å². The number of thiophene rings is 1. The summed E-state index contributed by atoms with van der Waals surface area (Å²) in [6.45, 7) is 2.00. The summed E-state index contributed by atoms with van der Waals surface area (Å²) in [5.41, 5.74) is 4.62. The highest BCUT2D eigenvalue weighted by atomic mass is 32.2. The van der Waals surface area contributed by atoms with Crippen LogP contribution >= 0.6 is 35.3 Å². The van der Waals surface area contributed by atoms with Crippen molar-refractivity contribution < 1.29 is 19.1 Å². The van der Waals surface area contributed by atoms with Crippen LogP contribution in [0.2, 0.25) is 0 Å². The first kappa shape index (κ1) is 28.2. The molecule has 1 aromatic heterocycles. The fraction of sp³-hybridized carbons (Fsp3) is 0.138. The minimum atomic E-state index is -0.494. The number of anilines is 3. The molecule has 39 heavy (non-hydrogen) atoms. The number of carbonyl (C=O) groups is 2. The van der Waals surface area contributed by atoms with Gasteiger partial charge in [0, 0.05) is 21.5 Å². The Morgan fingerprint density at radius 1 is 0.949 bits per heavy atom. The van der Waals surface area contributed by atoms with Crippen molar-refractivity contribution in [2.45, 2.75) is 11.8 Å². The molecule has 4 aromatic rings. The molecule has 4 rings (SSSR count). The Labute approximate surface area is 240 Å². The normalized spacial score (nSPS) is 10.4. The second-order valence-electron chi connectivity index (χ2n) is 8.36. The van der Waals surface area contributed by atoms with E-state index in [1.54, 1.807) is 7.11 Å². The monoisotopic (exact) mass is 577 g/mol. The zero-order valence-electron chi connectivity index (χ0n) is 21.6. The maximum Gasteiger partial charge on any atom is 0.341 e. The van der Waals surface area contributed by atoms with Crippen molar-refractivity contribution in [1.82, 2.24) is 0 Å². The number of amides is 1. The third-order valence-electron chi connectivity index (χ3n) is 5.61. The predicted octanol–water partition coefficient (Wildman–Crippen LogP) is 7.06. The number of nitrogens with one attached hydrogen (secondary N) is 3. The van der Waals surface area contributed by atoms with E-state index in [0.29, 0.717) is 21.4 Å². The van der Waals surface area contributed by atoms with Crippen LogP contribution in [0.3, 0.4) is 0 Å². The third kappa shape index (κ3) is 7.38. The molecule has 0 saturated carbocycles. The molecule has 200 valence electrons. The van der Waals surface area contributed by atoms with E-state index >= 15 is 0 Å². The predicted molar refractivity (Wildman–Crippen MR) is 164 cm³/mol. The Balaban J connectivity index is 1.38. The number of carbonyl (C=O) groups excluding carboxylic acids is 2. The van der Waals surface area contributed by atoms with Gasteiger partial charge in [-0.05, 0) is 55.0 Å². The first-order valence-electron chi connectivity index (χ1n) is 11.9. The third-order valence-corrected chi connectivity index (χ3v) is 7.71. The van der Waals surface area contributed by atoms with E-state index in [1.165, 1.54) is 30.2 Å². The van der Waals surface area contributed by atoms with Crippen molar-refractivity contribution in [1.29, 1.82) is 0 Å². The highest BCUT2D eigenvalue weighted by Crippen LogP contribution is 2.36. The van der Waals surface area contributed by atoms with E-state index < -0.39 is 5.97 Å². The fourth-order valence-electron chi connectivity index (χ4n) is 3.71. The van der Waals surface area contributed by atoms with E-state index in [4.69, 9.17) is 21.7 Å². The smallest absolute Gasteiger partial charge is 0.341 e. The van der Waals surface area contributed by atoms with Crippen molar-refractivity contribution in [3.63, 3.8) is 0 Å². The van der Waals surface area contributed by atoms with Crippen molar-refractivity contribution in [3.8, 4) is 16.9 Å². The summed E-state index contributed by atoms with van der Waals surface area (Å²) in [4.78, 5) is 26.3. The number of ether oxygens (including phenoxy) is 2. The van der Waals surface area contributed by atoms with Crippen LogP contribution in [0.4, 0.5) is 16.4 Å². The van der Waals surface area contributed by atoms with Crippen LogP contribution in [0.25, 0.3) is 11.1 Å². The van der Waals surface area contributed by atoms with Gasteiger partial charge in [-0.25, -0.2) is 4.79 Å². The number of benzene rings is 3. The van der Waals surface area contributed by atoms with Crippen LogP contribution in [0.1, 0.15) is 15.9 Å². The summed E-state index contributed by atoms with van der Waals surface area (Å²) in [7, 11) is 2.93. The van der Waals surface area contributed by atoms with Gasteiger partial charge in [0.2, 0.25) is 5.91 Å². The second kappa shape index (κ2) is 13.3. The molecule has 0 radical (unpaired) electrons. The lowest BCUT2D eigenvalue weighted by atomic mass is 10.0. The molecular formula is C29H27N3O4S3. The molecule has 0 aliphatic carbocycles. The average Bonchev–Trinajstić information content (AvgIpc) is 3.35. The van der Waals surface area contributed by atoms with Gasteiger partial charge in [-0.2, -0.15) is 0 Å². The minimum Gasteiger partial charge on any atom is -0.495 e. The summed E-state index contributed by atoms with van der Waals surface area (Å²) in [6, 6.07) is 23.0. The first-order valence-corrected chi connectivity index (χ1v) is 14.2. The van der Waals surface area contributed by atoms with Gasteiger partial charge in [0.15, 0.2) is 5.11 Å². The summed E-state index contributed by atoms with van der Waals surface area (Å²) < 4.78 is 10.4. The largest absolute Gasteiger partial charge is 0.495 e. The molecule has 0 fully saturated rings. The maximum absolute atomic E-state index is 12.8. The first-order chi connectivity index (χ1) is 18.9. The molecule has 0 aliphatic rings. The van der Waals surface area contributed by atoms with Crippen molar-refractivity contribution in [3.05, 3.63) is 89.3 Å². The molecule has 0 aliphatic heterocycles. The molecule has 0 spiro atoms. The molecule has 10 heteroatoms. The fourth-order valence-corrected chi connectivity index (χ4v) is 5.66. The average molecular weight is 578 g/mol. The quantitative estimate of drug-likeness (QED) is 0.111. The summed E-state index contributed by atoms with van der Waals surface area (Å²) in [5.74, 6) is 0.121. The minimum absolute atomic E-state index is 0.158. The van der Waals surface area contributed by atoms with Gasteiger partial charge in [-0.3, -0.25) is 4.79 Å². The highest BCUT2D eigenvalue weighted by molar-refractivity contribution is 8.00. The maximum atomic E-state index is 12.8. The SMILES string of the molecule is COC(=O)c1c(-c2ccc(C)cc2)csc1NC(=O)CSc1cccc(NC(=S)Nc2ccccc2OC)c1. The Morgan fingerprint density at radius 3 is 2.46 bits per heavy atom. The molecular weight excluding hydrogens is 551 g/mol. The van der Waals surface area contributed by atoms with Crippen LogP contribution < -0.4 is 20.7 Å². The van der Waals surface area contributed by atoms with Gasteiger partial charge in [-0.15, -0.1) is 23.1 Å². The molecule has 0 saturated heterocycles. The van der Waals surface area contributed by atoms with Gasteiger partial charge in [0.05, 0.1) is 25.7 Å². The molecule has 3 N–H and O–H groups in total. The van der Waals surface area contributed by atoms with Crippen LogP contribution in [0.5, 0.6) is 5.75 Å². The van der Waals surface area contributed by atoms with Gasteiger partial charge < -0.3 is 25.4 Å². The van der Waals surface area contributed by atoms with E-state index in [2.05, 4.69) is 16.0 Å². The Hall–Kier alpha value is -3.86. The zero-order valence-corrected chi connectivity index (χ0v) is 24.0. The lowest BCUT2D eigenvalue weighted by molar-refractivity contribution is -0.113. The Bertz CT molecular complexity index is 1490. The molecule has 0 bridgehead atoms. The Morgan fingerprint density at radius 2 is 1.72 bits per heavy atom. The number of methoxy groups -OCH3 is 2. The number of aryl methyl sites for hydroxylation is 1. The highest BCUT2D eigenvalue weighted by Gasteiger charge is 2.22. The standard InChI is InChI=1S/C29H27N3O4S3/c1-18-11-13-19(14-12-18)22-16-39-27(26(22)28(34)36-3)32-25(33)17-38-21-8-6-7-20(15-21)30-29(37)31-23-9-4-5-10-24(23)35-2/h4-16H,17H2,1-3H3,(H,32,33)(H2,30,31,37). The molecule has 1 amide bonds. The number of hydrogen-bond donors (Lipinski definition) is 3. The lowest BCUT2D eigenvalue weighted by Crippen LogP contribution is -2.19. The number of hydrogen-bond acceptors (Lipinski definition) is 7. The number of thiocarbonyl (C=S) groups is 1. The van der Waals surface area contributed by atoms with Crippen molar-refractivity contribution in [2.75, 3.05) is 35.9 Å². The molecule has 0 atom stereocenters. The van der Waals surface area contributed by atoms with Crippen LogP contribution in [0, 0.1) is 6.92 Å². The van der Waals surface area contributed by atoms with E-state index in [1.807, 2.05) is 85.1 Å². The summed E-state index contributed by atoms with van der Waals surface area (Å²) in [6.07, 6.45) is 0. The zero-order chi connectivity index (χ0) is 27.8. The molecule has 0 unspecified atom stereocenters. The Kier molecular flexibility index (Phi) is 9.59. The van der Waals surface area contributed by atoms with Gasteiger partial charge in [-0.1, -0.05) is 48.0 Å². The lowest BCUT2D eigenvalue weighted by Gasteiger charge is -2.14. The van der Waals surface area contributed by atoms with Gasteiger partial charge in [0.25, 0.3) is 0 Å². The molecule has 3 aromatic carbocycles. The number of rotatable bonds is 9. The van der Waals surface area contributed by atoms with Gasteiger partial charge in [0.1, 0.15) is 16.3 Å². The second-order valence-corrected chi connectivity index (χ2v) is 10.7. The van der Waals surface area contributed by atoms with Crippen LogP contribution in [-0.2, 0) is 9.53 Å². The molecule has 1 heterocycles. The summed E-state index contributed by atoms with van der Waals surface area (Å²) >= 11 is 8.13. The topological polar surface area (TPSA) is 88.7 Å². The van der Waals surface area contributed by atoms with Crippen LogP contribution in [0.15, 0.2) is 83.1 Å². The van der Waals surface area contributed by atoms with Crippen LogP contribution in [-0.4, -0.2) is 37.0 Å². The van der Waals surface area contributed by atoms with E-state index in [-0.39, 0.29) is 11.7 Å². The van der Waals surface area contributed by atoms with E-state index in [0.717, 1.165) is 33.0 Å². The summed E-state index contributed by atoms with van der Waals surface area (Å²) in [5, 5.41) is 11.9.